The number of hydrogen-bond donors (Lipinski definition) is 2. The quantitative estimate of drug-likeness (QED) is 0.503. The molecule has 0 aliphatic heterocycles. The zero-order chi connectivity index (χ0) is 25.9. The molecule has 7 nitrogen and oxygen atoms in total. The summed E-state index contributed by atoms with van der Waals surface area (Å²) in [5, 5.41) is 10.9. The Kier molecular flexibility index (Phi) is 7.57. The lowest BCUT2D eigenvalue weighted by atomic mass is 9.58. The standard InChI is InChI=1S/C29H37N5O2/c1-19-15-24(20(2)21(3)29(19,4)5)33-25-17-32-34(28(36)27(25)23-9-7-6-8-10-23)18-26(35)31-16-22-11-13-30-14-12-22/h6-14,17,19-21,24,33H,15-16,18H2,1-5H3,(H,31,35)/t19-,20+,21+,24+/m0/s1. The monoisotopic (exact) mass is 487 g/mol. The average Bonchev–Trinajstić information content (AvgIpc) is 2.88. The predicted octanol–water partition coefficient (Wildman–Crippen LogP) is 4.74. The molecule has 1 amide bonds. The van der Waals surface area contributed by atoms with Gasteiger partial charge in [0.25, 0.3) is 5.56 Å². The van der Waals surface area contributed by atoms with E-state index in [9.17, 15) is 9.59 Å². The van der Waals surface area contributed by atoms with Crippen molar-refractivity contribution in [2.45, 2.75) is 60.2 Å². The number of pyridine rings is 1. The molecule has 36 heavy (non-hydrogen) atoms. The summed E-state index contributed by atoms with van der Waals surface area (Å²) in [6.07, 6.45) is 6.08. The van der Waals surface area contributed by atoms with Crippen molar-refractivity contribution in [3.05, 3.63) is 77.0 Å². The minimum atomic E-state index is -0.282. The average molecular weight is 488 g/mol. The molecule has 0 spiro atoms. The lowest BCUT2D eigenvalue weighted by Crippen LogP contribution is -2.48. The summed E-state index contributed by atoms with van der Waals surface area (Å²) >= 11 is 0. The van der Waals surface area contributed by atoms with Crippen LogP contribution in [0.5, 0.6) is 0 Å². The zero-order valence-electron chi connectivity index (χ0n) is 21.9. The number of carbonyl (C=O) groups is 1. The fraction of sp³-hybridized carbons (Fsp3) is 0.448. The minimum Gasteiger partial charge on any atom is -0.380 e. The molecule has 1 aromatic carbocycles. The van der Waals surface area contributed by atoms with Crippen LogP contribution in [0.25, 0.3) is 11.1 Å². The number of carbonyl (C=O) groups excluding carboxylic acids is 1. The van der Waals surface area contributed by atoms with Crippen LogP contribution in [-0.4, -0.2) is 26.7 Å². The third-order valence-corrected chi connectivity index (χ3v) is 8.45. The molecule has 2 N–H and O–H groups in total. The molecule has 0 saturated heterocycles. The van der Waals surface area contributed by atoms with E-state index in [1.54, 1.807) is 18.6 Å². The van der Waals surface area contributed by atoms with Gasteiger partial charge in [-0.05, 0) is 52.8 Å². The molecular formula is C29H37N5O2. The molecule has 2 aromatic heterocycles. The third kappa shape index (κ3) is 5.35. The Morgan fingerprint density at radius 1 is 1.08 bits per heavy atom. The van der Waals surface area contributed by atoms with Gasteiger partial charge in [0.2, 0.25) is 5.91 Å². The summed E-state index contributed by atoms with van der Waals surface area (Å²) in [6, 6.07) is 13.5. The molecule has 0 bridgehead atoms. The number of rotatable bonds is 7. The van der Waals surface area contributed by atoms with Crippen molar-refractivity contribution in [1.82, 2.24) is 20.1 Å². The first-order chi connectivity index (χ1) is 17.2. The van der Waals surface area contributed by atoms with E-state index in [0.717, 1.165) is 23.2 Å². The smallest absolute Gasteiger partial charge is 0.277 e. The molecular weight excluding hydrogens is 450 g/mol. The van der Waals surface area contributed by atoms with Crippen LogP contribution in [0.2, 0.25) is 0 Å². The Morgan fingerprint density at radius 2 is 1.78 bits per heavy atom. The number of anilines is 1. The molecule has 4 atom stereocenters. The van der Waals surface area contributed by atoms with Crippen LogP contribution >= 0.6 is 0 Å². The van der Waals surface area contributed by atoms with Gasteiger partial charge in [-0.3, -0.25) is 14.6 Å². The SMILES string of the molecule is C[C@@H]1[C@@H](C)C(C)(C)[C@@H](C)C[C@H]1Nc1cnn(CC(=O)NCc2ccncc2)c(=O)c1-c1ccccc1. The lowest BCUT2D eigenvalue weighted by Gasteiger charge is -2.50. The van der Waals surface area contributed by atoms with Gasteiger partial charge in [-0.25, -0.2) is 4.68 Å². The third-order valence-electron chi connectivity index (χ3n) is 8.45. The van der Waals surface area contributed by atoms with Gasteiger partial charge in [-0.15, -0.1) is 0 Å². The number of nitrogens with one attached hydrogen (secondary N) is 2. The predicted molar refractivity (Wildman–Crippen MR) is 143 cm³/mol. The maximum absolute atomic E-state index is 13.6. The Hall–Kier alpha value is -3.48. The number of benzene rings is 1. The molecule has 1 fully saturated rings. The van der Waals surface area contributed by atoms with Gasteiger partial charge in [-0.1, -0.05) is 65.0 Å². The van der Waals surface area contributed by atoms with Crippen LogP contribution in [0.15, 0.2) is 65.8 Å². The zero-order valence-corrected chi connectivity index (χ0v) is 21.9. The Labute approximate surface area is 213 Å². The van der Waals surface area contributed by atoms with Crippen LogP contribution in [0.1, 0.15) is 46.6 Å². The second-order valence-corrected chi connectivity index (χ2v) is 10.8. The highest BCUT2D eigenvalue weighted by atomic mass is 16.2. The summed E-state index contributed by atoms with van der Waals surface area (Å²) < 4.78 is 1.24. The molecule has 190 valence electrons. The van der Waals surface area contributed by atoms with E-state index >= 15 is 0 Å². The van der Waals surface area contributed by atoms with Crippen molar-refractivity contribution in [3.8, 4) is 11.1 Å². The largest absolute Gasteiger partial charge is 0.380 e. The Morgan fingerprint density at radius 3 is 2.47 bits per heavy atom. The van der Waals surface area contributed by atoms with Crippen molar-refractivity contribution in [2.75, 3.05) is 5.32 Å². The highest BCUT2D eigenvalue weighted by Gasteiger charge is 2.43. The van der Waals surface area contributed by atoms with Crippen molar-refractivity contribution < 1.29 is 4.79 Å². The molecule has 0 radical (unpaired) electrons. The molecule has 1 aliphatic rings. The van der Waals surface area contributed by atoms with Crippen LogP contribution in [0, 0.1) is 23.2 Å². The maximum atomic E-state index is 13.6. The Balaban J connectivity index is 1.60. The van der Waals surface area contributed by atoms with E-state index in [2.05, 4.69) is 55.3 Å². The summed E-state index contributed by atoms with van der Waals surface area (Å²) in [7, 11) is 0. The van der Waals surface area contributed by atoms with Crippen molar-refractivity contribution in [2.24, 2.45) is 23.2 Å². The maximum Gasteiger partial charge on any atom is 0.277 e. The van der Waals surface area contributed by atoms with Crippen LogP contribution in [0.3, 0.4) is 0 Å². The Bertz CT molecular complexity index is 1240. The van der Waals surface area contributed by atoms with Crippen LogP contribution < -0.4 is 16.2 Å². The van der Waals surface area contributed by atoms with E-state index in [1.807, 2.05) is 42.5 Å². The molecule has 1 saturated carbocycles. The first kappa shape index (κ1) is 25.6. The second-order valence-electron chi connectivity index (χ2n) is 10.8. The number of aromatic nitrogens is 3. The molecule has 2 heterocycles. The van der Waals surface area contributed by atoms with Crippen LogP contribution in [0.4, 0.5) is 5.69 Å². The fourth-order valence-corrected chi connectivity index (χ4v) is 5.25. The van der Waals surface area contributed by atoms with Gasteiger partial charge < -0.3 is 10.6 Å². The minimum absolute atomic E-state index is 0.147. The summed E-state index contributed by atoms with van der Waals surface area (Å²) in [5.41, 5.74) is 2.99. The summed E-state index contributed by atoms with van der Waals surface area (Å²) in [6.45, 7) is 11.9. The normalized spacial score (nSPS) is 23.1. The van der Waals surface area contributed by atoms with E-state index in [4.69, 9.17) is 0 Å². The highest BCUT2D eigenvalue weighted by molar-refractivity contribution is 5.78. The van der Waals surface area contributed by atoms with Crippen molar-refractivity contribution >= 4 is 11.6 Å². The van der Waals surface area contributed by atoms with E-state index < -0.39 is 0 Å². The van der Waals surface area contributed by atoms with Crippen LogP contribution in [-0.2, 0) is 17.9 Å². The highest BCUT2D eigenvalue weighted by Crippen LogP contribution is 2.48. The van der Waals surface area contributed by atoms with Gasteiger partial charge in [0.05, 0.1) is 17.4 Å². The van der Waals surface area contributed by atoms with Gasteiger partial charge in [0, 0.05) is 25.0 Å². The van der Waals surface area contributed by atoms with E-state index in [-0.39, 0.29) is 29.5 Å². The summed E-state index contributed by atoms with van der Waals surface area (Å²) in [5.74, 6) is 1.23. The molecule has 0 unspecified atom stereocenters. The van der Waals surface area contributed by atoms with Gasteiger partial charge in [-0.2, -0.15) is 5.10 Å². The number of hydrogen-bond acceptors (Lipinski definition) is 5. The first-order valence-electron chi connectivity index (χ1n) is 12.8. The second kappa shape index (κ2) is 10.6. The van der Waals surface area contributed by atoms with Crippen molar-refractivity contribution in [3.63, 3.8) is 0 Å². The van der Waals surface area contributed by atoms with Gasteiger partial charge >= 0.3 is 0 Å². The molecule has 7 heteroatoms. The number of amides is 1. The van der Waals surface area contributed by atoms with Gasteiger partial charge in [0.1, 0.15) is 6.54 Å². The summed E-state index contributed by atoms with van der Waals surface area (Å²) in [4.78, 5) is 30.2. The van der Waals surface area contributed by atoms with Crippen molar-refractivity contribution in [1.29, 1.82) is 0 Å². The fourth-order valence-electron chi connectivity index (χ4n) is 5.25. The first-order valence-corrected chi connectivity index (χ1v) is 12.8. The topological polar surface area (TPSA) is 88.9 Å². The van der Waals surface area contributed by atoms with Gasteiger partial charge in [0.15, 0.2) is 0 Å². The van der Waals surface area contributed by atoms with E-state index in [0.29, 0.717) is 29.9 Å². The lowest BCUT2D eigenvalue weighted by molar-refractivity contribution is -0.122. The molecule has 3 aromatic rings. The van der Waals surface area contributed by atoms with E-state index in [1.165, 1.54) is 4.68 Å². The number of nitrogens with zero attached hydrogens (tertiary/aromatic N) is 3. The molecule has 1 aliphatic carbocycles. The molecule has 4 rings (SSSR count).